The summed E-state index contributed by atoms with van der Waals surface area (Å²) in [6.45, 7) is 17.4. The van der Waals surface area contributed by atoms with Crippen molar-refractivity contribution < 1.29 is 23.5 Å². The Bertz CT molecular complexity index is 1150. The topological polar surface area (TPSA) is 46.2 Å². The van der Waals surface area contributed by atoms with Crippen LogP contribution < -0.4 is 19.7 Å². The van der Waals surface area contributed by atoms with Crippen LogP contribution in [0.25, 0.3) is 0 Å². The summed E-state index contributed by atoms with van der Waals surface area (Å²) in [5.41, 5.74) is 0.0978. The number of ether oxygens (including phenoxy) is 3. The lowest BCUT2D eigenvalue weighted by Gasteiger charge is -2.32. The van der Waals surface area contributed by atoms with Crippen molar-refractivity contribution in [2.24, 2.45) is 0 Å². The highest BCUT2D eigenvalue weighted by Gasteiger charge is 2.52. The molecule has 0 N–H and O–H groups in total. The second-order valence-corrected chi connectivity index (χ2v) is 21.8. The molecule has 0 aromatic heterocycles. The van der Waals surface area contributed by atoms with E-state index in [1.54, 1.807) is 0 Å². The zero-order valence-corrected chi connectivity index (χ0v) is 45.6. The molecular weight excluding hydrogens is 811 g/mol. The number of benzene rings is 1. The van der Waals surface area contributed by atoms with E-state index in [4.69, 9.17) is 23.5 Å². The highest BCUT2D eigenvalue weighted by atomic mass is 16.7. The van der Waals surface area contributed by atoms with Gasteiger partial charge >= 0.3 is 7.12 Å². The van der Waals surface area contributed by atoms with Gasteiger partial charge in [-0.15, -0.1) is 0 Å². The van der Waals surface area contributed by atoms with Gasteiger partial charge in [0.15, 0.2) is 11.5 Å². The molecule has 386 valence electrons. The fourth-order valence-electron chi connectivity index (χ4n) is 9.50. The Kier molecular flexibility index (Phi) is 38.1. The van der Waals surface area contributed by atoms with E-state index >= 15 is 0 Å². The minimum Gasteiger partial charge on any atom is -0.490 e. The lowest BCUT2D eigenvalue weighted by molar-refractivity contribution is 0.00578. The van der Waals surface area contributed by atoms with Crippen LogP contribution in [-0.4, -0.2) is 38.1 Å². The highest BCUT2D eigenvalue weighted by Crippen LogP contribution is 2.41. The summed E-state index contributed by atoms with van der Waals surface area (Å²) < 4.78 is 33.2. The standard InChI is InChI=1S/C60H113BO5/c1-8-11-14-17-20-23-26-29-32-35-38-41-44-47-50-62-56-53-55(61-65-59(4,5)60(6,7)66-61)54-57(63-51-48-45-42-39-36-33-30-27-24-21-18-15-12-9-2)58(56)64-52-49-46-43-40-37-34-31-28-25-22-19-16-13-10-3/h53-54H,8-52H2,1-7H3. The number of rotatable bonds is 49. The maximum absolute atomic E-state index is 6.69. The number of unbranched alkanes of at least 4 members (excludes halogenated alkanes) is 39. The molecule has 0 bridgehead atoms. The number of hydrogen-bond acceptors (Lipinski definition) is 5. The van der Waals surface area contributed by atoms with Crippen LogP contribution in [0.1, 0.15) is 318 Å². The molecule has 1 aliphatic heterocycles. The number of hydrogen-bond donors (Lipinski definition) is 0. The Balaban J connectivity index is 1.93. The summed E-state index contributed by atoms with van der Waals surface area (Å²) in [6, 6.07) is 4.23. The zero-order valence-electron chi connectivity index (χ0n) is 45.6. The van der Waals surface area contributed by atoms with Gasteiger partial charge in [0.1, 0.15) is 0 Å². The fourth-order valence-corrected chi connectivity index (χ4v) is 9.50. The van der Waals surface area contributed by atoms with Gasteiger partial charge in [-0.1, -0.05) is 271 Å². The predicted octanol–water partition coefficient (Wildman–Crippen LogP) is 19.6. The van der Waals surface area contributed by atoms with Gasteiger partial charge in [-0.25, -0.2) is 0 Å². The molecule has 5 nitrogen and oxygen atoms in total. The average molecular weight is 925 g/mol. The quantitative estimate of drug-likeness (QED) is 0.0481. The smallest absolute Gasteiger partial charge is 0.490 e. The third-order valence-electron chi connectivity index (χ3n) is 14.8. The molecular formula is C60H113BO5. The fraction of sp³-hybridized carbons (Fsp3) is 0.900. The van der Waals surface area contributed by atoms with Gasteiger partial charge in [0.05, 0.1) is 31.0 Å². The van der Waals surface area contributed by atoms with Gasteiger partial charge in [-0.2, -0.15) is 0 Å². The van der Waals surface area contributed by atoms with Crippen LogP contribution >= 0.6 is 0 Å². The third-order valence-corrected chi connectivity index (χ3v) is 14.8. The van der Waals surface area contributed by atoms with E-state index in [0.717, 1.165) is 42.0 Å². The van der Waals surface area contributed by atoms with Crippen LogP contribution in [0.2, 0.25) is 0 Å². The second-order valence-electron chi connectivity index (χ2n) is 21.8. The maximum Gasteiger partial charge on any atom is 0.495 e. The molecule has 66 heavy (non-hydrogen) atoms. The van der Waals surface area contributed by atoms with E-state index in [2.05, 4.69) is 60.6 Å². The van der Waals surface area contributed by atoms with E-state index in [-0.39, 0.29) is 0 Å². The van der Waals surface area contributed by atoms with E-state index in [0.29, 0.717) is 19.8 Å². The van der Waals surface area contributed by atoms with Gasteiger partial charge in [-0.05, 0) is 64.6 Å². The Hall–Kier alpha value is -1.40. The maximum atomic E-state index is 6.69. The molecule has 0 amide bonds. The highest BCUT2D eigenvalue weighted by molar-refractivity contribution is 6.62. The van der Waals surface area contributed by atoms with Crippen molar-refractivity contribution in [2.45, 2.75) is 329 Å². The van der Waals surface area contributed by atoms with Crippen molar-refractivity contribution in [2.75, 3.05) is 19.8 Å². The molecule has 0 spiro atoms. The van der Waals surface area contributed by atoms with Crippen LogP contribution in [0.3, 0.4) is 0 Å². The predicted molar refractivity (Wildman–Crippen MR) is 290 cm³/mol. The summed E-state index contributed by atoms with van der Waals surface area (Å²) in [5.74, 6) is 2.32. The molecule has 1 aliphatic rings. The van der Waals surface area contributed by atoms with Crippen molar-refractivity contribution in [1.29, 1.82) is 0 Å². The molecule has 1 heterocycles. The molecule has 1 saturated heterocycles. The van der Waals surface area contributed by atoms with Gasteiger partial charge in [0.25, 0.3) is 0 Å². The Morgan fingerprint density at radius 2 is 0.530 bits per heavy atom. The largest absolute Gasteiger partial charge is 0.495 e. The first kappa shape index (κ1) is 60.7. The van der Waals surface area contributed by atoms with E-state index in [1.165, 1.54) is 250 Å². The summed E-state index contributed by atoms with van der Waals surface area (Å²) in [6.07, 6.45) is 56.7. The van der Waals surface area contributed by atoms with E-state index in [9.17, 15) is 0 Å². The molecule has 0 radical (unpaired) electrons. The first-order chi connectivity index (χ1) is 32.3. The Morgan fingerprint density at radius 3 is 0.773 bits per heavy atom. The second kappa shape index (κ2) is 41.4. The molecule has 1 aromatic rings. The summed E-state index contributed by atoms with van der Waals surface area (Å²) in [7, 11) is -0.485. The SMILES string of the molecule is CCCCCCCCCCCCCCCCOc1cc(B2OC(C)(C)C(C)(C)O2)cc(OCCCCCCCCCCCCCCCC)c1OCCCCCCCCCCCCCCCC. The molecule has 6 heteroatoms. The zero-order chi connectivity index (χ0) is 47.7. The normalized spacial score (nSPS) is 14.4. The van der Waals surface area contributed by atoms with Crippen LogP contribution in [-0.2, 0) is 9.31 Å². The molecule has 0 saturated carbocycles. The van der Waals surface area contributed by atoms with Crippen molar-refractivity contribution in [3.63, 3.8) is 0 Å². The monoisotopic (exact) mass is 925 g/mol. The van der Waals surface area contributed by atoms with Crippen molar-refractivity contribution >= 4 is 12.6 Å². The Morgan fingerprint density at radius 1 is 0.318 bits per heavy atom. The summed E-state index contributed by atoms with van der Waals surface area (Å²) in [5, 5.41) is 0. The van der Waals surface area contributed by atoms with Crippen molar-refractivity contribution in [3.05, 3.63) is 12.1 Å². The summed E-state index contributed by atoms with van der Waals surface area (Å²) in [4.78, 5) is 0. The van der Waals surface area contributed by atoms with E-state index < -0.39 is 18.3 Å². The van der Waals surface area contributed by atoms with Crippen molar-refractivity contribution in [3.8, 4) is 17.2 Å². The molecule has 0 atom stereocenters. The van der Waals surface area contributed by atoms with Gasteiger partial charge < -0.3 is 23.5 Å². The van der Waals surface area contributed by atoms with Crippen molar-refractivity contribution in [1.82, 2.24) is 0 Å². The van der Waals surface area contributed by atoms with E-state index in [1.807, 2.05) is 0 Å². The van der Waals surface area contributed by atoms with Gasteiger partial charge in [0.2, 0.25) is 5.75 Å². The molecule has 0 aliphatic carbocycles. The summed E-state index contributed by atoms with van der Waals surface area (Å²) >= 11 is 0. The van der Waals surface area contributed by atoms with Gasteiger partial charge in [0, 0.05) is 0 Å². The lowest BCUT2D eigenvalue weighted by atomic mass is 9.78. The van der Waals surface area contributed by atoms with Crippen LogP contribution in [0.15, 0.2) is 12.1 Å². The minimum absolute atomic E-state index is 0.425. The van der Waals surface area contributed by atoms with Crippen LogP contribution in [0.4, 0.5) is 0 Å². The third kappa shape index (κ3) is 30.3. The molecule has 1 fully saturated rings. The molecule has 0 unspecified atom stereocenters. The first-order valence-corrected chi connectivity index (χ1v) is 29.7. The van der Waals surface area contributed by atoms with Crippen LogP contribution in [0, 0.1) is 0 Å². The van der Waals surface area contributed by atoms with Crippen LogP contribution in [0.5, 0.6) is 17.2 Å². The average Bonchev–Trinajstić information content (AvgIpc) is 3.53. The Labute approximate surface area is 413 Å². The minimum atomic E-state index is -0.485. The molecule has 2 rings (SSSR count). The van der Waals surface area contributed by atoms with Gasteiger partial charge in [-0.3, -0.25) is 0 Å². The molecule has 1 aromatic carbocycles. The first-order valence-electron chi connectivity index (χ1n) is 29.7. The lowest BCUT2D eigenvalue weighted by Crippen LogP contribution is -2.41.